The van der Waals surface area contributed by atoms with Crippen molar-refractivity contribution < 1.29 is 13.2 Å². The summed E-state index contributed by atoms with van der Waals surface area (Å²) < 4.78 is 27.4. The first-order valence-corrected chi connectivity index (χ1v) is 10.9. The Hall–Kier alpha value is -2.34. The summed E-state index contributed by atoms with van der Waals surface area (Å²) in [5, 5.41) is 2.96. The highest BCUT2D eigenvalue weighted by atomic mass is 32.2. The van der Waals surface area contributed by atoms with Gasteiger partial charge in [0.15, 0.2) is 0 Å². The van der Waals surface area contributed by atoms with Crippen LogP contribution in [0.25, 0.3) is 0 Å². The molecule has 6 heteroatoms. The number of sulfonamides is 1. The van der Waals surface area contributed by atoms with E-state index in [9.17, 15) is 13.2 Å². The van der Waals surface area contributed by atoms with Crippen molar-refractivity contribution in [1.82, 2.24) is 5.32 Å². The molecule has 1 amide bonds. The van der Waals surface area contributed by atoms with Gasteiger partial charge in [0.2, 0.25) is 0 Å². The second-order valence-electron chi connectivity index (χ2n) is 6.63. The first-order valence-electron chi connectivity index (χ1n) is 9.42. The smallest absolute Gasteiger partial charge is 0.261 e. The molecule has 5 nitrogen and oxygen atoms in total. The van der Waals surface area contributed by atoms with E-state index in [4.69, 9.17) is 0 Å². The van der Waals surface area contributed by atoms with Gasteiger partial charge in [-0.3, -0.25) is 9.52 Å². The maximum atomic E-state index is 12.4. The maximum Gasteiger partial charge on any atom is 0.261 e. The molecule has 2 aromatic rings. The van der Waals surface area contributed by atoms with Crippen LogP contribution in [0.5, 0.6) is 0 Å². The standard InChI is InChI=1S/C21H28N2O3S/c1-3-5-10-17(4-2)16-22-21(24)18-11-9-12-19(15-18)23-27(25,26)20-13-7-6-8-14-20/h6-9,11-15,17,23H,3-5,10,16H2,1-2H3,(H,22,24)/t17-/m1/s1. The fraction of sp³-hybridized carbons (Fsp3) is 0.381. The van der Waals surface area contributed by atoms with Gasteiger partial charge in [-0.05, 0) is 42.7 Å². The molecule has 0 heterocycles. The Morgan fingerprint density at radius 3 is 2.44 bits per heavy atom. The second kappa shape index (κ2) is 10.1. The number of hydrogen-bond acceptors (Lipinski definition) is 3. The summed E-state index contributed by atoms with van der Waals surface area (Å²) in [7, 11) is -3.68. The fourth-order valence-electron chi connectivity index (χ4n) is 2.82. The number of rotatable bonds is 10. The van der Waals surface area contributed by atoms with Crippen molar-refractivity contribution in [2.75, 3.05) is 11.3 Å². The quantitative estimate of drug-likeness (QED) is 0.632. The van der Waals surface area contributed by atoms with Crippen molar-refractivity contribution in [1.29, 1.82) is 0 Å². The van der Waals surface area contributed by atoms with Crippen molar-refractivity contribution in [2.45, 2.75) is 44.4 Å². The monoisotopic (exact) mass is 388 g/mol. The van der Waals surface area contributed by atoms with E-state index in [2.05, 4.69) is 23.9 Å². The Balaban J connectivity index is 2.03. The van der Waals surface area contributed by atoms with Crippen molar-refractivity contribution in [3.63, 3.8) is 0 Å². The molecule has 2 N–H and O–H groups in total. The van der Waals surface area contributed by atoms with E-state index in [1.165, 1.54) is 12.1 Å². The molecule has 0 aliphatic carbocycles. The number of carbonyl (C=O) groups is 1. The minimum atomic E-state index is -3.68. The van der Waals surface area contributed by atoms with Crippen LogP contribution in [0, 0.1) is 5.92 Å². The van der Waals surface area contributed by atoms with Gasteiger partial charge in [-0.2, -0.15) is 0 Å². The van der Waals surface area contributed by atoms with E-state index >= 15 is 0 Å². The Bertz CT molecular complexity index is 836. The van der Waals surface area contributed by atoms with Crippen LogP contribution in [0.1, 0.15) is 49.9 Å². The van der Waals surface area contributed by atoms with E-state index < -0.39 is 10.0 Å². The van der Waals surface area contributed by atoms with Gasteiger partial charge >= 0.3 is 0 Å². The zero-order valence-electron chi connectivity index (χ0n) is 15.9. The largest absolute Gasteiger partial charge is 0.352 e. The third kappa shape index (κ3) is 6.40. The predicted octanol–water partition coefficient (Wildman–Crippen LogP) is 4.43. The average Bonchev–Trinajstić information content (AvgIpc) is 2.68. The summed E-state index contributed by atoms with van der Waals surface area (Å²) in [6.45, 7) is 4.92. The molecular formula is C21H28N2O3S. The van der Waals surface area contributed by atoms with Crippen LogP contribution >= 0.6 is 0 Å². The number of unbranched alkanes of at least 4 members (excludes halogenated alkanes) is 1. The molecule has 0 saturated heterocycles. The van der Waals surface area contributed by atoms with Crippen LogP contribution in [0.15, 0.2) is 59.5 Å². The highest BCUT2D eigenvalue weighted by Crippen LogP contribution is 2.17. The van der Waals surface area contributed by atoms with Crippen LogP contribution in [-0.4, -0.2) is 20.9 Å². The molecule has 2 rings (SSSR count). The molecule has 0 aliphatic heterocycles. The first-order chi connectivity index (χ1) is 13.0. The lowest BCUT2D eigenvalue weighted by molar-refractivity contribution is 0.0946. The SMILES string of the molecule is CCCC[C@@H](CC)CNC(=O)c1cccc(NS(=O)(=O)c2ccccc2)c1. The first kappa shape index (κ1) is 21.0. The van der Waals surface area contributed by atoms with Crippen LogP contribution in [0.4, 0.5) is 5.69 Å². The molecular weight excluding hydrogens is 360 g/mol. The molecule has 0 radical (unpaired) electrons. The zero-order chi connectivity index (χ0) is 19.7. The van der Waals surface area contributed by atoms with E-state index in [-0.39, 0.29) is 10.8 Å². The Morgan fingerprint density at radius 1 is 1.04 bits per heavy atom. The lowest BCUT2D eigenvalue weighted by Crippen LogP contribution is -2.29. The van der Waals surface area contributed by atoms with Gasteiger partial charge < -0.3 is 5.32 Å². The van der Waals surface area contributed by atoms with Crippen LogP contribution < -0.4 is 10.0 Å². The third-order valence-corrected chi connectivity index (χ3v) is 5.92. The normalized spacial score (nSPS) is 12.4. The molecule has 0 bridgehead atoms. The van der Waals surface area contributed by atoms with E-state index in [1.54, 1.807) is 42.5 Å². The number of benzene rings is 2. The molecule has 2 aromatic carbocycles. The van der Waals surface area contributed by atoms with Crippen LogP contribution in [-0.2, 0) is 10.0 Å². The lowest BCUT2D eigenvalue weighted by Gasteiger charge is -2.15. The summed E-state index contributed by atoms with van der Waals surface area (Å²) in [5.74, 6) is 0.277. The van der Waals surface area contributed by atoms with Gasteiger partial charge in [0, 0.05) is 17.8 Å². The number of nitrogens with one attached hydrogen (secondary N) is 2. The molecule has 0 aliphatic rings. The van der Waals surface area contributed by atoms with Gasteiger partial charge in [-0.15, -0.1) is 0 Å². The summed E-state index contributed by atoms with van der Waals surface area (Å²) in [4.78, 5) is 12.6. The minimum absolute atomic E-state index is 0.182. The van der Waals surface area contributed by atoms with Crippen molar-refractivity contribution in [3.8, 4) is 0 Å². The molecule has 1 atom stereocenters. The summed E-state index contributed by atoms with van der Waals surface area (Å²) >= 11 is 0. The molecule has 0 unspecified atom stereocenters. The van der Waals surface area contributed by atoms with Gasteiger partial charge in [-0.25, -0.2) is 8.42 Å². The van der Waals surface area contributed by atoms with Gasteiger partial charge in [0.1, 0.15) is 0 Å². The minimum Gasteiger partial charge on any atom is -0.352 e. The highest BCUT2D eigenvalue weighted by molar-refractivity contribution is 7.92. The lowest BCUT2D eigenvalue weighted by atomic mass is 9.99. The van der Waals surface area contributed by atoms with Crippen molar-refractivity contribution >= 4 is 21.6 Å². The zero-order valence-corrected chi connectivity index (χ0v) is 16.8. The van der Waals surface area contributed by atoms with E-state index in [0.717, 1.165) is 25.7 Å². The van der Waals surface area contributed by atoms with Crippen molar-refractivity contribution in [3.05, 3.63) is 60.2 Å². The summed E-state index contributed by atoms with van der Waals surface area (Å²) in [5.41, 5.74) is 0.804. The van der Waals surface area contributed by atoms with Gasteiger partial charge in [-0.1, -0.05) is 57.4 Å². The van der Waals surface area contributed by atoms with Gasteiger partial charge in [0.05, 0.1) is 4.90 Å². The third-order valence-electron chi connectivity index (χ3n) is 4.53. The van der Waals surface area contributed by atoms with Crippen LogP contribution in [0.2, 0.25) is 0 Å². The maximum absolute atomic E-state index is 12.4. The number of hydrogen-bond donors (Lipinski definition) is 2. The highest BCUT2D eigenvalue weighted by Gasteiger charge is 2.15. The van der Waals surface area contributed by atoms with Crippen molar-refractivity contribution in [2.24, 2.45) is 5.92 Å². The molecule has 146 valence electrons. The fourth-order valence-corrected chi connectivity index (χ4v) is 3.89. The second-order valence-corrected chi connectivity index (χ2v) is 8.31. The Labute approximate surface area is 162 Å². The van der Waals surface area contributed by atoms with Gasteiger partial charge in [0.25, 0.3) is 15.9 Å². The van der Waals surface area contributed by atoms with Crippen LogP contribution in [0.3, 0.4) is 0 Å². The summed E-state index contributed by atoms with van der Waals surface area (Å²) in [6, 6.07) is 14.7. The summed E-state index contributed by atoms with van der Waals surface area (Å²) in [6.07, 6.45) is 4.43. The number of anilines is 1. The number of amides is 1. The average molecular weight is 389 g/mol. The molecule has 27 heavy (non-hydrogen) atoms. The molecule has 0 aromatic heterocycles. The molecule has 0 spiro atoms. The van der Waals surface area contributed by atoms with E-state index in [1.807, 2.05) is 0 Å². The molecule has 0 fully saturated rings. The Morgan fingerprint density at radius 2 is 1.78 bits per heavy atom. The number of carbonyl (C=O) groups excluding carboxylic acids is 1. The predicted molar refractivity (Wildman–Crippen MR) is 109 cm³/mol. The van der Waals surface area contributed by atoms with E-state index in [0.29, 0.717) is 23.7 Å². The Kier molecular flexibility index (Phi) is 7.85. The topological polar surface area (TPSA) is 75.3 Å². The molecule has 0 saturated carbocycles.